The molecular formula is C11H16BrNO. The van der Waals surface area contributed by atoms with Crippen LogP contribution < -0.4 is 5.32 Å². The van der Waals surface area contributed by atoms with Gasteiger partial charge < -0.3 is 10.4 Å². The highest BCUT2D eigenvalue weighted by molar-refractivity contribution is 8.93. The van der Waals surface area contributed by atoms with Gasteiger partial charge in [0.05, 0.1) is 0 Å². The Morgan fingerprint density at radius 1 is 1.36 bits per heavy atom. The van der Waals surface area contributed by atoms with Crippen molar-refractivity contribution in [1.82, 2.24) is 5.32 Å². The third kappa shape index (κ3) is 2.49. The van der Waals surface area contributed by atoms with Crippen LogP contribution in [0.5, 0.6) is 5.75 Å². The Balaban J connectivity index is 0.000000980. The molecule has 3 heteroatoms. The number of rotatable bonds is 0. The third-order valence-electron chi connectivity index (χ3n) is 2.60. The molecule has 0 bridgehead atoms. The predicted octanol–water partition coefficient (Wildman–Crippen LogP) is 2.05. The Hall–Kier alpha value is -0.540. The Morgan fingerprint density at radius 3 is 2.93 bits per heavy atom. The van der Waals surface area contributed by atoms with Crippen molar-refractivity contribution in [2.75, 3.05) is 6.54 Å². The topological polar surface area (TPSA) is 32.3 Å². The van der Waals surface area contributed by atoms with E-state index in [0.29, 0.717) is 11.8 Å². The number of aromatic hydroxyl groups is 1. The molecule has 1 unspecified atom stereocenters. The van der Waals surface area contributed by atoms with Gasteiger partial charge in [-0.2, -0.15) is 0 Å². The van der Waals surface area contributed by atoms with Gasteiger partial charge in [-0.3, -0.25) is 0 Å². The van der Waals surface area contributed by atoms with E-state index in [1.54, 1.807) is 6.07 Å². The molecule has 0 aromatic heterocycles. The summed E-state index contributed by atoms with van der Waals surface area (Å²) in [5.74, 6) is 0.382. The van der Waals surface area contributed by atoms with Gasteiger partial charge in [0.2, 0.25) is 0 Å². The smallest absolute Gasteiger partial charge is 0.115 e. The van der Waals surface area contributed by atoms with Gasteiger partial charge >= 0.3 is 0 Å². The summed E-state index contributed by atoms with van der Waals surface area (Å²) in [6, 6.07) is 6.21. The van der Waals surface area contributed by atoms with E-state index in [2.05, 4.69) is 12.2 Å². The fraction of sp³-hybridized carbons (Fsp3) is 0.455. The van der Waals surface area contributed by atoms with E-state index in [4.69, 9.17) is 0 Å². The van der Waals surface area contributed by atoms with Gasteiger partial charge in [0.25, 0.3) is 0 Å². The van der Waals surface area contributed by atoms with E-state index in [1.807, 2.05) is 12.1 Å². The van der Waals surface area contributed by atoms with Crippen LogP contribution >= 0.6 is 17.0 Å². The van der Waals surface area contributed by atoms with Crippen molar-refractivity contribution in [2.24, 2.45) is 0 Å². The molecule has 2 N–H and O–H groups in total. The van der Waals surface area contributed by atoms with Gasteiger partial charge in [0.15, 0.2) is 0 Å². The molecule has 0 amide bonds. The summed E-state index contributed by atoms with van der Waals surface area (Å²) in [7, 11) is 0. The molecule has 0 aliphatic carbocycles. The number of nitrogens with one attached hydrogen (secondary N) is 1. The molecule has 1 heterocycles. The van der Waals surface area contributed by atoms with Crippen LogP contribution in [0.4, 0.5) is 0 Å². The molecule has 0 spiro atoms. The molecule has 0 radical (unpaired) electrons. The van der Waals surface area contributed by atoms with Crippen molar-refractivity contribution in [3.05, 3.63) is 29.3 Å². The summed E-state index contributed by atoms with van der Waals surface area (Å²) < 4.78 is 0. The lowest BCUT2D eigenvalue weighted by Crippen LogP contribution is -2.27. The second kappa shape index (κ2) is 4.80. The van der Waals surface area contributed by atoms with E-state index in [9.17, 15) is 5.11 Å². The average molecular weight is 258 g/mol. The quantitative estimate of drug-likeness (QED) is 0.746. The predicted molar refractivity (Wildman–Crippen MR) is 63.3 cm³/mol. The van der Waals surface area contributed by atoms with E-state index in [0.717, 1.165) is 19.4 Å². The van der Waals surface area contributed by atoms with E-state index in [-0.39, 0.29) is 17.0 Å². The lowest BCUT2D eigenvalue weighted by Gasteiger charge is -2.09. The van der Waals surface area contributed by atoms with Crippen molar-refractivity contribution >= 4 is 17.0 Å². The second-order valence-electron chi connectivity index (χ2n) is 3.76. The Kier molecular flexibility index (Phi) is 3.96. The van der Waals surface area contributed by atoms with Gasteiger partial charge in [-0.05, 0) is 49.6 Å². The first-order valence-corrected chi connectivity index (χ1v) is 4.80. The molecule has 1 aliphatic rings. The number of halogens is 1. The van der Waals surface area contributed by atoms with Crippen LogP contribution in [0.15, 0.2) is 18.2 Å². The van der Waals surface area contributed by atoms with Crippen molar-refractivity contribution < 1.29 is 5.11 Å². The van der Waals surface area contributed by atoms with Gasteiger partial charge in [-0.15, -0.1) is 17.0 Å². The summed E-state index contributed by atoms with van der Waals surface area (Å²) in [6.45, 7) is 3.22. The van der Waals surface area contributed by atoms with E-state index >= 15 is 0 Å². The summed E-state index contributed by atoms with van der Waals surface area (Å²) in [6.07, 6.45) is 2.09. The first kappa shape index (κ1) is 11.5. The number of phenols is 1. The fourth-order valence-corrected chi connectivity index (χ4v) is 1.90. The highest BCUT2D eigenvalue weighted by atomic mass is 79.9. The highest BCUT2D eigenvalue weighted by Crippen LogP contribution is 2.20. The minimum absolute atomic E-state index is 0. The zero-order chi connectivity index (χ0) is 9.26. The monoisotopic (exact) mass is 257 g/mol. The number of phenolic OH excluding ortho intramolecular Hbond substituents is 1. The number of fused-ring (bicyclic) bond motifs is 1. The zero-order valence-electron chi connectivity index (χ0n) is 8.29. The highest BCUT2D eigenvalue weighted by Gasteiger charge is 2.12. The summed E-state index contributed by atoms with van der Waals surface area (Å²) >= 11 is 0. The summed E-state index contributed by atoms with van der Waals surface area (Å²) in [4.78, 5) is 0. The molecule has 78 valence electrons. The normalized spacial score (nSPS) is 20.5. The first-order chi connectivity index (χ1) is 6.25. The lowest BCUT2D eigenvalue weighted by atomic mass is 10.0. The Labute approximate surface area is 95.1 Å². The molecule has 1 aromatic rings. The number of hydrogen-bond acceptors (Lipinski definition) is 2. The Bertz CT molecular complexity index is 314. The third-order valence-corrected chi connectivity index (χ3v) is 2.60. The molecule has 1 aromatic carbocycles. The maximum atomic E-state index is 9.35. The molecule has 1 aliphatic heterocycles. The molecule has 2 nitrogen and oxygen atoms in total. The molecular weight excluding hydrogens is 242 g/mol. The molecule has 14 heavy (non-hydrogen) atoms. The molecule has 0 saturated heterocycles. The van der Waals surface area contributed by atoms with Crippen molar-refractivity contribution in [3.8, 4) is 5.75 Å². The second-order valence-corrected chi connectivity index (χ2v) is 3.76. The molecule has 1 atom stereocenters. The van der Waals surface area contributed by atoms with Crippen molar-refractivity contribution in [1.29, 1.82) is 0 Å². The molecule has 2 rings (SSSR count). The summed E-state index contributed by atoms with van der Waals surface area (Å²) in [5.41, 5.74) is 2.66. The molecule has 0 saturated carbocycles. The van der Waals surface area contributed by atoms with Crippen LogP contribution in [0, 0.1) is 0 Å². The zero-order valence-corrected chi connectivity index (χ0v) is 10.00. The maximum absolute atomic E-state index is 9.35. The maximum Gasteiger partial charge on any atom is 0.115 e. The van der Waals surface area contributed by atoms with E-state index < -0.39 is 0 Å². The van der Waals surface area contributed by atoms with E-state index in [1.165, 1.54) is 11.1 Å². The van der Waals surface area contributed by atoms with Crippen LogP contribution in [0.2, 0.25) is 0 Å². The summed E-state index contributed by atoms with van der Waals surface area (Å²) in [5, 5.41) is 12.8. The average Bonchev–Trinajstić information content (AvgIpc) is 2.25. The lowest BCUT2D eigenvalue weighted by molar-refractivity contribution is 0.474. The van der Waals surface area contributed by atoms with Crippen LogP contribution in [-0.4, -0.2) is 17.7 Å². The van der Waals surface area contributed by atoms with Gasteiger partial charge in [-0.1, -0.05) is 6.07 Å². The van der Waals surface area contributed by atoms with Crippen LogP contribution in [0.1, 0.15) is 18.1 Å². The fourth-order valence-electron chi connectivity index (χ4n) is 1.90. The van der Waals surface area contributed by atoms with Gasteiger partial charge in [0, 0.05) is 6.04 Å². The Morgan fingerprint density at radius 2 is 2.14 bits per heavy atom. The minimum Gasteiger partial charge on any atom is -0.508 e. The number of benzene rings is 1. The van der Waals surface area contributed by atoms with Gasteiger partial charge in [-0.25, -0.2) is 0 Å². The number of hydrogen-bond donors (Lipinski definition) is 2. The standard InChI is InChI=1S/C11H15NO.BrH/c1-8-6-10-7-11(13)3-2-9(10)4-5-12-8;/h2-3,7-8,12-13H,4-6H2,1H3;1H. The van der Waals surface area contributed by atoms with Gasteiger partial charge in [0.1, 0.15) is 5.75 Å². The van der Waals surface area contributed by atoms with Crippen molar-refractivity contribution in [3.63, 3.8) is 0 Å². The van der Waals surface area contributed by atoms with Crippen LogP contribution in [0.25, 0.3) is 0 Å². The first-order valence-electron chi connectivity index (χ1n) is 4.80. The largest absolute Gasteiger partial charge is 0.508 e. The SMILES string of the molecule is Br.CC1Cc2cc(O)ccc2CCN1. The van der Waals surface area contributed by atoms with Crippen LogP contribution in [0.3, 0.4) is 0 Å². The molecule has 0 fully saturated rings. The van der Waals surface area contributed by atoms with Crippen molar-refractivity contribution in [2.45, 2.75) is 25.8 Å². The van der Waals surface area contributed by atoms with Crippen LogP contribution in [-0.2, 0) is 12.8 Å². The minimum atomic E-state index is 0.